The number of halogens is 1. The predicted octanol–water partition coefficient (Wildman–Crippen LogP) is 4.42. The summed E-state index contributed by atoms with van der Waals surface area (Å²) in [5.41, 5.74) is 1.17. The fourth-order valence-electron chi connectivity index (χ4n) is 2.15. The van der Waals surface area contributed by atoms with Gasteiger partial charge in [0.15, 0.2) is 0 Å². The smallest absolute Gasteiger partial charge is 0.0120 e. The van der Waals surface area contributed by atoms with Crippen LogP contribution < -0.4 is 0 Å². The van der Waals surface area contributed by atoms with Gasteiger partial charge < -0.3 is 0 Å². The second-order valence-electron chi connectivity index (χ2n) is 5.83. The first-order chi connectivity index (χ1) is 5.31. The van der Waals surface area contributed by atoms with Gasteiger partial charge in [0.05, 0.1) is 0 Å². The van der Waals surface area contributed by atoms with E-state index in [1.54, 1.807) is 0 Å². The minimum Gasteiger partial charge on any atom is -0.0826 e. The summed E-state index contributed by atoms with van der Waals surface area (Å²) in [6.45, 7) is 9.67. The lowest BCUT2D eigenvalue weighted by Crippen LogP contribution is -2.14. The van der Waals surface area contributed by atoms with Crippen molar-refractivity contribution in [2.75, 3.05) is 0 Å². The summed E-state index contributed by atoms with van der Waals surface area (Å²) in [6.07, 6.45) is 5.60. The maximum atomic E-state index is 2.63. The molecule has 1 fully saturated rings. The van der Waals surface area contributed by atoms with Crippen molar-refractivity contribution in [3.05, 3.63) is 0 Å². The molecule has 0 aliphatic heterocycles. The average Bonchev–Trinajstić information content (AvgIpc) is 1.87. The Bertz CT molecular complexity index is 140. The fraction of sp³-hybridized carbons (Fsp3) is 1.00. The third-order valence-corrected chi connectivity index (χ3v) is 3.91. The van der Waals surface area contributed by atoms with Gasteiger partial charge in [-0.1, -0.05) is 50.3 Å². The molecule has 1 aliphatic rings. The number of rotatable bonds is 0. The largest absolute Gasteiger partial charge is 0.0826 e. The lowest BCUT2D eigenvalue weighted by atomic mass is 9.81. The zero-order chi connectivity index (χ0) is 9.41. The molecular weight excluding hydrogens is 259 g/mol. The predicted molar refractivity (Wildman–Crippen MR) is 63.8 cm³/mol. The molecule has 0 heterocycles. The molecule has 0 spiro atoms. The van der Waals surface area contributed by atoms with E-state index in [9.17, 15) is 0 Å². The molecule has 0 aromatic rings. The summed E-state index contributed by atoms with van der Waals surface area (Å²) >= 11 is 2.63. The molecule has 0 atom stereocenters. The Morgan fingerprint density at radius 2 is 1.25 bits per heavy atom. The van der Waals surface area contributed by atoms with Gasteiger partial charge in [-0.3, -0.25) is 0 Å². The van der Waals surface area contributed by atoms with Crippen LogP contribution in [-0.4, -0.2) is 3.92 Å². The zero-order valence-electron chi connectivity index (χ0n) is 8.78. The van der Waals surface area contributed by atoms with E-state index in [4.69, 9.17) is 0 Å². The van der Waals surface area contributed by atoms with E-state index < -0.39 is 0 Å². The van der Waals surface area contributed by atoms with E-state index in [0.717, 1.165) is 3.92 Å². The summed E-state index contributed by atoms with van der Waals surface area (Å²) in [7, 11) is 0. The Morgan fingerprint density at radius 3 is 1.58 bits per heavy atom. The minimum absolute atomic E-state index is 0.583. The van der Waals surface area contributed by atoms with Crippen LogP contribution in [0, 0.1) is 10.8 Å². The van der Waals surface area contributed by atoms with Gasteiger partial charge in [0, 0.05) is 3.92 Å². The number of alkyl halides is 1. The SMILES string of the molecule is CC1(C)CCC(C)(C)CC(I)C1. The molecule has 72 valence electrons. The summed E-state index contributed by atoms with van der Waals surface area (Å²) in [6, 6.07) is 0. The van der Waals surface area contributed by atoms with E-state index in [-0.39, 0.29) is 0 Å². The molecule has 0 N–H and O–H groups in total. The highest BCUT2D eigenvalue weighted by molar-refractivity contribution is 14.1. The molecule has 12 heavy (non-hydrogen) atoms. The van der Waals surface area contributed by atoms with Crippen molar-refractivity contribution in [1.29, 1.82) is 0 Å². The monoisotopic (exact) mass is 280 g/mol. The van der Waals surface area contributed by atoms with Gasteiger partial charge in [-0.25, -0.2) is 0 Å². The molecule has 0 nitrogen and oxygen atoms in total. The van der Waals surface area contributed by atoms with E-state index >= 15 is 0 Å². The number of hydrogen-bond acceptors (Lipinski definition) is 0. The van der Waals surface area contributed by atoms with Crippen LogP contribution in [-0.2, 0) is 0 Å². The first-order valence-electron chi connectivity index (χ1n) is 4.95. The first kappa shape index (κ1) is 10.8. The van der Waals surface area contributed by atoms with Crippen LogP contribution in [0.5, 0.6) is 0 Å². The third kappa shape index (κ3) is 3.23. The Kier molecular flexibility index (Phi) is 3.12. The highest BCUT2D eigenvalue weighted by Crippen LogP contribution is 2.44. The van der Waals surface area contributed by atoms with Gasteiger partial charge in [0.25, 0.3) is 0 Å². The Balaban J connectivity index is 2.66. The standard InChI is InChI=1S/C11H21I/c1-10(2)5-6-11(3,4)8-9(12)7-10/h9H,5-8H2,1-4H3. The molecule has 1 rings (SSSR count). The maximum Gasteiger partial charge on any atom is 0.0120 e. The quantitative estimate of drug-likeness (QED) is 0.350. The van der Waals surface area contributed by atoms with Gasteiger partial charge >= 0.3 is 0 Å². The van der Waals surface area contributed by atoms with E-state index in [1.807, 2.05) is 0 Å². The van der Waals surface area contributed by atoms with Crippen LogP contribution >= 0.6 is 22.6 Å². The topological polar surface area (TPSA) is 0 Å². The molecule has 0 bridgehead atoms. The molecule has 0 radical (unpaired) electrons. The highest BCUT2D eigenvalue weighted by atomic mass is 127. The van der Waals surface area contributed by atoms with Crippen LogP contribution in [0.4, 0.5) is 0 Å². The highest BCUT2D eigenvalue weighted by Gasteiger charge is 2.32. The summed E-state index contributed by atoms with van der Waals surface area (Å²) in [4.78, 5) is 0. The third-order valence-electron chi connectivity index (χ3n) is 3.03. The van der Waals surface area contributed by atoms with Crippen molar-refractivity contribution >= 4 is 22.6 Å². The van der Waals surface area contributed by atoms with Crippen molar-refractivity contribution in [1.82, 2.24) is 0 Å². The summed E-state index contributed by atoms with van der Waals surface area (Å²) in [5.74, 6) is 0. The lowest BCUT2D eigenvalue weighted by molar-refractivity contribution is 0.275. The Hall–Kier alpha value is 0.730. The van der Waals surface area contributed by atoms with E-state index in [1.165, 1.54) is 25.7 Å². The van der Waals surface area contributed by atoms with Crippen LogP contribution in [0.3, 0.4) is 0 Å². The fourth-order valence-corrected chi connectivity index (χ4v) is 4.54. The van der Waals surface area contributed by atoms with Crippen molar-refractivity contribution in [3.63, 3.8) is 0 Å². The van der Waals surface area contributed by atoms with Gasteiger partial charge in [0.2, 0.25) is 0 Å². The van der Waals surface area contributed by atoms with Crippen LogP contribution in [0.25, 0.3) is 0 Å². The Labute approximate surface area is 90.6 Å². The summed E-state index contributed by atoms with van der Waals surface area (Å²) < 4.78 is 0.884. The van der Waals surface area contributed by atoms with Gasteiger partial charge in [-0.15, -0.1) is 0 Å². The minimum atomic E-state index is 0.583. The van der Waals surface area contributed by atoms with Gasteiger partial charge in [0.1, 0.15) is 0 Å². The second-order valence-corrected chi connectivity index (χ2v) is 7.60. The molecular formula is C11H21I. The van der Waals surface area contributed by atoms with Crippen molar-refractivity contribution in [2.24, 2.45) is 10.8 Å². The maximum absolute atomic E-state index is 2.63. The molecule has 1 aliphatic carbocycles. The molecule has 0 aromatic carbocycles. The molecule has 0 saturated heterocycles. The first-order valence-corrected chi connectivity index (χ1v) is 6.19. The van der Waals surface area contributed by atoms with Gasteiger partial charge in [-0.05, 0) is 36.5 Å². The number of hydrogen-bond donors (Lipinski definition) is 0. The average molecular weight is 280 g/mol. The molecule has 0 aromatic heterocycles. The van der Waals surface area contributed by atoms with E-state index in [0.29, 0.717) is 10.8 Å². The molecule has 1 saturated carbocycles. The second kappa shape index (κ2) is 3.47. The molecule has 0 unspecified atom stereocenters. The van der Waals surface area contributed by atoms with Crippen molar-refractivity contribution in [2.45, 2.75) is 57.3 Å². The lowest BCUT2D eigenvalue weighted by Gasteiger charge is -2.24. The van der Waals surface area contributed by atoms with E-state index in [2.05, 4.69) is 50.3 Å². The van der Waals surface area contributed by atoms with Crippen LogP contribution in [0.15, 0.2) is 0 Å². The molecule has 0 amide bonds. The molecule has 1 heteroatoms. The van der Waals surface area contributed by atoms with Crippen molar-refractivity contribution < 1.29 is 0 Å². The normalized spacial score (nSPS) is 29.8. The van der Waals surface area contributed by atoms with Crippen molar-refractivity contribution in [3.8, 4) is 0 Å². The van der Waals surface area contributed by atoms with Gasteiger partial charge in [-0.2, -0.15) is 0 Å². The van der Waals surface area contributed by atoms with Crippen LogP contribution in [0.2, 0.25) is 0 Å². The Morgan fingerprint density at radius 1 is 0.917 bits per heavy atom. The zero-order valence-corrected chi connectivity index (χ0v) is 10.9. The van der Waals surface area contributed by atoms with Crippen LogP contribution in [0.1, 0.15) is 53.4 Å². The summed E-state index contributed by atoms with van der Waals surface area (Å²) in [5, 5.41) is 0.